The fourth-order valence-electron chi connectivity index (χ4n) is 1.53. The van der Waals surface area contributed by atoms with Crippen LogP contribution in [-0.4, -0.2) is 39.9 Å². The number of rotatable bonds is 1. The number of hydrogen-bond acceptors (Lipinski definition) is 2. The molecule has 64 valence electrons. The zero-order chi connectivity index (χ0) is 8.43. The standard InChI is InChI=1S/C7H13NO3/c1-5(9)6-3-2-4-8(6)7(10)11/h5-6,9H,2-4H2,1H3,(H,10,11)/t5?,6-/m0/s1. The van der Waals surface area contributed by atoms with Crippen LogP contribution in [0.5, 0.6) is 0 Å². The van der Waals surface area contributed by atoms with Crippen molar-refractivity contribution < 1.29 is 15.0 Å². The van der Waals surface area contributed by atoms with E-state index in [4.69, 9.17) is 10.2 Å². The minimum atomic E-state index is -0.923. The lowest BCUT2D eigenvalue weighted by Crippen LogP contribution is -2.40. The van der Waals surface area contributed by atoms with Crippen LogP contribution in [0.3, 0.4) is 0 Å². The number of nitrogens with zero attached hydrogens (tertiary/aromatic N) is 1. The molecule has 11 heavy (non-hydrogen) atoms. The summed E-state index contributed by atoms with van der Waals surface area (Å²) in [5.74, 6) is 0. The van der Waals surface area contributed by atoms with Crippen LogP contribution in [0.25, 0.3) is 0 Å². The molecule has 2 atom stereocenters. The number of aliphatic hydroxyl groups excluding tert-OH is 1. The third kappa shape index (κ3) is 1.63. The SMILES string of the molecule is CC(O)[C@@H]1CCCN1C(=O)O. The van der Waals surface area contributed by atoms with E-state index in [0.717, 1.165) is 12.8 Å². The van der Waals surface area contributed by atoms with Crippen molar-refractivity contribution in [3.05, 3.63) is 0 Å². The number of carboxylic acid groups (broad SMARTS) is 1. The molecular weight excluding hydrogens is 146 g/mol. The van der Waals surface area contributed by atoms with Crippen LogP contribution in [-0.2, 0) is 0 Å². The topological polar surface area (TPSA) is 60.8 Å². The Morgan fingerprint density at radius 3 is 2.73 bits per heavy atom. The van der Waals surface area contributed by atoms with Crippen molar-refractivity contribution in [2.45, 2.75) is 31.9 Å². The smallest absolute Gasteiger partial charge is 0.407 e. The van der Waals surface area contributed by atoms with Gasteiger partial charge in [0, 0.05) is 6.54 Å². The molecule has 0 saturated carbocycles. The lowest BCUT2D eigenvalue weighted by Gasteiger charge is -2.23. The van der Waals surface area contributed by atoms with Crippen molar-refractivity contribution in [1.29, 1.82) is 0 Å². The van der Waals surface area contributed by atoms with Crippen LogP contribution in [0, 0.1) is 0 Å². The molecule has 1 fully saturated rings. The first-order valence-corrected chi connectivity index (χ1v) is 3.80. The van der Waals surface area contributed by atoms with Gasteiger partial charge < -0.3 is 15.1 Å². The van der Waals surface area contributed by atoms with Gasteiger partial charge in [0.15, 0.2) is 0 Å². The zero-order valence-electron chi connectivity index (χ0n) is 6.53. The fraction of sp³-hybridized carbons (Fsp3) is 0.857. The van der Waals surface area contributed by atoms with E-state index in [1.54, 1.807) is 6.92 Å². The number of hydrogen-bond donors (Lipinski definition) is 2. The van der Waals surface area contributed by atoms with Gasteiger partial charge in [-0.3, -0.25) is 0 Å². The summed E-state index contributed by atoms with van der Waals surface area (Å²) in [7, 11) is 0. The summed E-state index contributed by atoms with van der Waals surface area (Å²) in [5, 5.41) is 17.8. The first-order chi connectivity index (χ1) is 5.13. The molecule has 1 saturated heterocycles. The Hall–Kier alpha value is -0.770. The Morgan fingerprint density at radius 1 is 1.73 bits per heavy atom. The molecule has 0 aliphatic carbocycles. The normalized spacial score (nSPS) is 27.1. The summed E-state index contributed by atoms with van der Waals surface area (Å²) in [6, 6.07) is -0.188. The molecule has 0 spiro atoms. The maximum absolute atomic E-state index is 10.5. The number of likely N-dealkylation sites (tertiary alicyclic amines) is 1. The molecule has 0 aromatic heterocycles. The summed E-state index contributed by atoms with van der Waals surface area (Å²) in [4.78, 5) is 11.8. The third-order valence-corrected chi connectivity index (χ3v) is 2.10. The minimum Gasteiger partial charge on any atom is -0.465 e. The highest BCUT2D eigenvalue weighted by atomic mass is 16.4. The Kier molecular flexibility index (Phi) is 2.34. The van der Waals surface area contributed by atoms with Gasteiger partial charge in [0.05, 0.1) is 12.1 Å². The number of amides is 1. The predicted molar refractivity (Wildman–Crippen MR) is 39.4 cm³/mol. The molecule has 1 unspecified atom stereocenters. The maximum Gasteiger partial charge on any atom is 0.407 e. The van der Waals surface area contributed by atoms with Crippen molar-refractivity contribution in [1.82, 2.24) is 4.90 Å². The van der Waals surface area contributed by atoms with E-state index in [2.05, 4.69) is 0 Å². The largest absolute Gasteiger partial charge is 0.465 e. The van der Waals surface area contributed by atoms with Gasteiger partial charge >= 0.3 is 6.09 Å². The van der Waals surface area contributed by atoms with Crippen LogP contribution in [0.4, 0.5) is 4.79 Å². The highest BCUT2D eigenvalue weighted by molar-refractivity contribution is 5.65. The Bertz CT molecular complexity index is 158. The van der Waals surface area contributed by atoms with Gasteiger partial charge in [0.2, 0.25) is 0 Å². The molecule has 0 aromatic rings. The van der Waals surface area contributed by atoms with E-state index in [1.807, 2.05) is 0 Å². The summed E-state index contributed by atoms with van der Waals surface area (Å²) in [6.07, 6.45) is 0.174. The molecule has 0 radical (unpaired) electrons. The van der Waals surface area contributed by atoms with Gasteiger partial charge in [-0.1, -0.05) is 0 Å². The highest BCUT2D eigenvalue weighted by Crippen LogP contribution is 2.19. The van der Waals surface area contributed by atoms with Crippen LogP contribution in [0.2, 0.25) is 0 Å². The van der Waals surface area contributed by atoms with Crippen molar-refractivity contribution >= 4 is 6.09 Å². The zero-order valence-corrected chi connectivity index (χ0v) is 6.53. The van der Waals surface area contributed by atoms with E-state index in [1.165, 1.54) is 4.90 Å². The van der Waals surface area contributed by atoms with Gasteiger partial charge in [0.1, 0.15) is 0 Å². The van der Waals surface area contributed by atoms with Crippen molar-refractivity contribution in [3.63, 3.8) is 0 Å². The molecule has 0 bridgehead atoms. The molecule has 1 aliphatic heterocycles. The van der Waals surface area contributed by atoms with Gasteiger partial charge in [-0.25, -0.2) is 4.79 Å². The van der Waals surface area contributed by atoms with E-state index < -0.39 is 12.2 Å². The van der Waals surface area contributed by atoms with E-state index >= 15 is 0 Å². The highest BCUT2D eigenvalue weighted by Gasteiger charge is 2.31. The molecule has 4 heteroatoms. The number of carbonyl (C=O) groups is 1. The van der Waals surface area contributed by atoms with Gasteiger partial charge in [-0.2, -0.15) is 0 Å². The lowest BCUT2D eigenvalue weighted by molar-refractivity contribution is 0.0782. The number of aliphatic hydroxyl groups is 1. The Labute approximate surface area is 65.4 Å². The first kappa shape index (κ1) is 8.33. The van der Waals surface area contributed by atoms with E-state index in [0.29, 0.717) is 6.54 Å². The van der Waals surface area contributed by atoms with Crippen molar-refractivity contribution in [2.75, 3.05) is 6.54 Å². The third-order valence-electron chi connectivity index (χ3n) is 2.10. The molecule has 4 nitrogen and oxygen atoms in total. The molecule has 1 rings (SSSR count). The minimum absolute atomic E-state index is 0.188. The van der Waals surface area contributed by atoms with E-state index in [-0.39, 0.29) is 6.04 Å². The second kappa shape index (κ2) is 3.09. The van der Waals surface area contributed by atoms with Gasteiger partial charge in [0.25, 0.3) is 0 Å². The second-order valence-corrected chi connectivity index (χ2v) is 2.93. The summed E-state index contributed by atoms with van der Waals surface area (Å²) >= 11 is 0. The van der Waals surface area contributed by atoms with Crippen molar-refractivity contribution in [2.24, 2.45) is 0 Å². The van der Waals surface area contributed by atoms with Crippen LogP contribution in [0.1, 0.15) is 19.8 Å². The van der Waals surface area contributed by atoms with Crippen molar-refractivity contribution in [3.8, 4) is 0 Å². The second-order valence-electron chi connectivity index (χ2n) is 2.93. The van der Waals surface area contributed by atoms with Gasteiger partial charge in [-0.05, 0) is 19.8 Å². The molecule has 1 aliphatic rings. The Balaban J connectivity index is 2.58. The molecule has 0 aromatic carbocycles. The Morgan fingerprint density at radius 2 is 2.36 bits per heavy atom. The molecular formula is C7H13NO3. The van der Waals surface area contributed by atoms with Crippen LogP contribution >= 0.6 is 0 Å². The lowest BCUT2D eigenvalue weighted by atomic mass is 10.1. The van der Waals surface area contributed by atoms with Gasteiger partial charge in [-0.15, -0.1) is 0 Å². The quantitative estimate of drug-likeness (QED) is 0.586. The summed E-state index contributed by atoms with van der Waals surface area (Å²) < 4.78 is 0. The van der Waals surface area contributed by atoms with Crippen LogP contribution < -0.4 is 0 Å². The summed E-state index contributed by atoms with van der Waals surface area (Å²) in [5.41, 5.74) is 0. The monoisotopic (exact) mass is 159 g/mol. The average Bonchev–Trinajstić information content (AvgIpc) is 2.32. The average molecular weight is 159 g/mol. The van der Waals surface area contributed by atoms with Crippen LogP contribution in [0.15, 0.2) is 0 Å². The fourth-order valence-corrected chi connectivity index (χ4v) is 1.53. The summed E-state index contributed by atoms with van der Waals surface area (Å²) in [6.45, 7) is 2.19. The first-order valence-electron chi connectivity index (χ1n) is 3.80. The molecule has 1 amide bonds. The molecule has 1 heterocycles. The van der Waals surface area contributed by atoms with E-state index in [9.17, 15) is 4.79 Å². The predicted octanol–water partition coefficient (Wildman–Crippen LogP) is 0.510. The molecule has 2 N–H and O–H groups in total. The maximum atomic E-state index is 10.5.